The lowest BCUT2D eigenvalue weighted by Gasteiger charge is -2.11. The third-order valence-electron chi connectivity index (χ3n) is 2.11. The Morgan fingerprint density at radius 1 is 1.65 bits per heavy atom. The molecule has 90 valence electrons. The molecule has 0 aliphatic heterocycles. The van der Waals surface area contributed by atoms with Crippen LogP contribution in [0.4, 0.5) is 5.69 Å². The SMILES string of the molecule is CCOC(=O)c1cc(C#N)c(N)c(OC)c1O. The number of nitrogens with two attached hydrogens (primary N) is 1. The van der Waals surface area contributed by atoms with Crippen LogP contribution in [0, 0.1) is 11.3 Å². The average Bonchev–Trinajstić information content (AvgIpc) is 2.30. The Labute approximate surface area is 98.2 Å². The number of hydrogen-bond acceptors (Lipinski definition) is 6. The fourth-order valence-electron chi connectivity index (χ4n) is 1.33. The van der Waals surface area contributed by atoms with E-state index in [1.54, 1.807) is 6.92 Å². The molecule has 0 aromatic heterocycles. The van der Waals surface area contributed by atoms with Crippen LogP contribution in [0.3, 0.4) is 0 Å². The van der Waals surface area contributed by atoms with Gasteiger partial charge in [-0.3, -0.25) is 0 Å². The Morgan fingerprint density at radius 3 is 2.76 bits per heavy atom. The third-order valence-corrected chi connectivity index (χ3v) is 2.11. The molecule has 0 atom stereocenters. The Hall–Kier alpha value is -2.42. The molecule has 0 amide bonds. The molecular formula is C11H12N2O4. The van der Waals surface area contributed by atoms with Gasteiger partial charge in [-0.1, -0.05) is 0 Å². The number of carbonyl (C=O) groups excluding carboxylic acids is 1. The van der Waals surface area contributed by atoms with Crippen LogP contribution < -0.4 is 10.5 Å². The van der Waals surface area contributed by atoms with Gasteiger partial charge in [0.15, 0.2) is 11.5 Å². The van der Waals surface area contributed by atoms with E-state index >= 15 is 0 Å². The predicted octanol–water partition coefficient (Wildman–Crippen LogP) is 1.03. The summed E-state index contributed by atoms with van der Waals surface area (Å²) in [6.07, 6.45) is 0. The van der Waals surface area contributed by atoms with Gasteiger partial charge in [0.25, 0.3) is 0 Å². The Balaban J connectivity index is 3.42. The summed E-state index contributed by atoms with van der Waals surface area (Å²) in [6, 6.07) is 2.98. The van der Waals surface area contributed by atoms with E-state index in [9.17, 15) is 9.90 Å². The minimum atomic E-state index is -0.736. The number of phenols is 1. The van der Waals surface area contributed by atoms with Crippen molar-refractivity contribution in [3.63, 3.8) is 0 Å². The van der Waals surface area contributed by atoms with E-state index in [0.717, 1.165) is 0 Å². The largest absolute Gasteiger partial charge is 0.504 e. The molecule has 0 saturated carbocycles. The first-order valence-corrected chi connectivity index (χ1v) is 4.83. The second-order valence-corrected chi connectivity index (χ2v) is 3.10. The van der Waals surface area contributed by atoms with Crippen molar-refractivity contribution in [3.8, 4) is 17.6 Å². The van der Waals surface area contributed by atoms with Gasteiger partial charge in [0.2, 0.25) is 0 Å². The zero-order chi connectivity index (χ0) is 13.0. The summed E-state index contributed by atoms with van der Waals surface area (Å²) in [5.41, 5.74) is 5.48. The van der Waals surface area contributed by atoms with Gasteiger partial charge in [0.1, 0.15) is 11.6 Å². The highest BCUT2D eigenvalue weighted by atomic mass is 16.5. The summed E-state index contributed by atoms with van der Waals surface area (Å²) < 4.78 is 9.60. The number of anilines is 1. The molecule has 1 rings (SSSR count). The lowest BCUT2D eigenvalue weighted by molar-refractivity contribution is 0.0522. The molecule has 0 aliphatic carbocycles. The molecule has 1 aromatic carbocycles. The summed E-state index contributed by atoms with van der Waals surface area (Å²) in [6.45, 7) is 1.79. The molecule has 0 saturated heterocycles. The molecule has 1 aromatic rings. The van der Waals surface area contributed by atoms with Crippen molar-refractivity contribution in [3.05, 3.63) is 17.2 Å². The van der Waals surface area contributed by atoms with Gasteiger partial charge in [-0.25, -0.2) is 4.79 Å². The van der Waals surface area contributed by atoms with Gasteiger partial charge >= 0.3 is 5.97 Å². The number of esters is 1. The van der Waals surface area contributed by atoms with Crippen LogP contribution in [0.5, 0.6) is 11.5 Å². The summed E-state index contributed by atoms with van der Waals surface area (Å²) in [5, 5.41) is 18.6. The molecule has 6 heteroatoms. The topological polar surface area (TPSA) is 106 Å². The first kappa shape index (κ1) is 12.6. The van der Waals surface area contributed by atoms with Crippen LogP contribution in [0.15, 0.2) is 6.07 Å². The number of ether oxygens (including phenoxy) is 2. The number of nitriles is 1. The van der Waals surface area contributed by atoms with E-state index in [0.29, 0.717) is 0 Å². The summed E-state index contributed by atoms with van der Waals surface area (Å²) in [5.74, 6) is -1.27. The maximum absolute atomic E-state index is 11.5. The Bertz CT molecular complexity index is 491. The van der Waals surface area contributed by atoms with E-state index in [1.165, 1.54) is 13.2 Å². The number of rotatable bonds is 3. The molecule has 0 aliphatic rings. The molecule has 0 radical (unpaired) electrons. The van der Waals surface area contributed by atoms with Crippen LogP contribution in [-0.2, 0) is 4.74 Å². The highest BCUT2D eigenvalue weighted by Crippen LogP contribution is 2.38. The fourth-order valence-corrected chi connectivity index (χ4v) is 1.33. The van der Waals surface area contributed by atoms with E-state index in [1.807, 2.05) is 6.07 Å². The van der Waals surface area contributed by atoms with E-state index in [2.05, 4.69) is 0 Å². The first-order chi connectivity index (χ1) is 8.06. The third kappa shape index (κ3) is 2.23. The van der Waals surface area contributed by atoms with Crippen LogP contribution >= 0.6 is 0 Å². The van der Waals surface area contributed by atoms with Gasteiger partial charge in [-0.15, -0.1) is 0 Å². The molecule has 17 heavy (non-hydrogen) atoms. The standard InChI is InChI=1S/C11H12N2O4/c1-3-17-11(15)7-4-6(5-12)8(13)10(16-2)9(7)14/h4,14H,3,13H2,1-2H3. The average molecular weight is 236 g/mol. The Morgan fingerprint density at radius 2 is 2.29 bits per heavy atom. The highest BCUT2D eigenvalue weighted by molar-refractivity contribution is 5.95. The lowest BCUT2D eigenvalue weighted by Crippen LogP contribution is -2.08. The van der Waals surface area contributed by atoms with E-state index in [4.69, 9.17) is 20.5 Å². The molecule has 0 unspecified atom stereocenters. The second kappa shape index (κ2) is 5.07. The zero-order valence-corrected chi connectivity index (χ0v) is 9.48. The minimum absolute atomic E-state index is 0.0134. The quantitative estimate of drug-likeness (QED) is 0.599. The van der Waals surface area contributed by atoms with Crippen molar-refractivity contribution >= 4 is 11.7 Å². The minimum Gasteiger partial charge on any atom is -0.504 e. The van der Waals surface area contributed by atoms with Gasteiger partial charge in [0, 0.05) is 0 Å². The summed E-state index contributed by atoms with van der Waals surface area (Å²) in [7, 11) is 1.28. The summed E-state index contributed by atoms with van der Waals surface area (Å²) in [4.78, 5) is 11.5. The monoisotopic (exact) mass is 236 g/mol. The number of carbonyl (C=O) groups is 1. The van der Waals surface area contributed by atoms with Gasteiger partial charge in [-0.2, -0.15) is 5.26 Å². The van der Waals surface area contributed by atoms with Gasteiger partial charge in [-0.05, 0) is 13.0 Å². The maximum Gasteiger partial charge on any atom is 0.342 e. The smallest absolute Gasteiger partial charge is 0.342 e. The number of hydrogen-bond donors (Lipinski definition) is 2. The second-order valence-electron chi connectivity index (χ2n) is 3.10. The molecular weight excluding hydrogens is 224 g/mol. The number of methoxy groups -OCH3 is 1. The predicted molar refractivity (Wildman–Crippen MR) is 59.7 cm³/mol. The van der Waals surface area contributed by atoms with Crippen LogP contribution in [0.1, 0.15) is 22.8 Å². The van der Waals surface area contributed by atoms with Gasteiger partial charge in [0.05, 0.1) is 25.0 Å². The van der Waals surface area contributed by atoms with Gasteiger partial charge < -0.3 is 20.3 Å². The zero-order valence-electron chi connectivity index (χ0n) is 9.48. The van der Waals surface area contributed by atoms with Crippen LogP contribution in [-0.4, -0.2) is 24.8 Å². The van der Waals surface area contributed by atoms with E-state index < -0.39 is 11.7 Å². The van der Waals surface area contributed by atoms with Crippen molar-refractivity contribution < 1.29 is 19.4 Å². The Kier molecular flexibility index (Phi) is 3.78. The first-order valence-electron chi connectivity index (χ1n) is 4.83. The maximum atomic E-state index is 11.5. The molecule has 6 nitrogen and oxygen atoms in total. The van der Waals surface area contributed by atoms with Crippen LogP contribution in [0.25, 0.3) is 0 Å². The number of nitrogens with zero attached hydrogens (tertiary/aromatic N) is 1. The van der Waals surface area contributed by atoms with Crippen molar-refractivity contribution in [1.82, 2.24) is 0 Å². The molecule has 0 heterocycles. The van der Waals surface area contributed by atoms with Crippen molar-refractivity contribution in [2.75, 3.05) is 19.5 Å². The van der Waals surface area contributed by atoms with Crippen molar-refractivity contribution in [1.29, 1.82) is 5.26 Å². The molecule has 0 bridgehead atoms. The van der Waals surface area contributed by atoms with Crippen molar-refractivity contribution in [2.24, 2.45) is 0 Å². The number of aromatic hydroxyl groups is 1. The summed E-state index contributed by atoms with van der Waals surface area (Å²) >= 11 is 0. The van der Waals surface area contributed by atoms with Crippen molar-refractivity contribution in [2.45, 2.75) is 6.92 Å². The van der Waals surface area contributed by atoms with Crippen LogP contribution in [0.2, 0.25) is 0 Å². The number of benzene rings is 1. The fraction of sp³-hybridized carbons (Fsp3) is 0.273. The molecule has 3 N–H and O–H groups in total. The van der Waals surface area contributed by atoms with E-state index in [-0.39, 0.29) is 29.2 Å². The lowest BCUT2D eigenvalue weighted by atomic mass is 10.1. The molecule has 0 fully saturated rings. The number of nitrogen functional groups attached to an aromatic ring is 1. The molecule has 0 spiro atoms. The highest BCUT2D eigenvalue weighted by Gasteiger charge is 2.21. The normalized spacial score (nSPS) is 9.47. The number of phenolic OH excluding ortho intramolecular Hbond substituents is 1.